The molecule has 3 rings (SSSR count). The Morgan fingerprint density at radius 2 is 2.00 bits per heavy atom. The highest BCUT2D eigenvalue weighted by Gasteiger charge is 2.32. The number of nitrogens with two attached hydrogens (primary N) is 1. The van der Waals surface area contributed by atoms with E-state index >= 15 is 0 Å². The van der Waals surface area contributed by atoms with Crippen LogP contribution in [0.25, 0.3) is 0 Å². The Labute approximate surface area is 119 Å². The first-order valence-corrected chi connectivity index (χ1v) is 8.50. The number of sulfonamides is 1. The van der Waals surface area contributed by atoms with E-state index in [1.165, 1.54) is 12.8 Å². The predicted molar refractivity (Wildman–Crippen MR) is 78.1 cm³/mol. The lowest BCUT2D eigenvalue weighted by molar-refractivity contribution is 0.440. The van der Waals surface area contributed by atoms with Gasteiger partial charge in [-0.25, -0.2) is 8.42 Å². The molecule has 0 amide bonds. The van der Waals surface area contributed by atoms with Gasteiger partial charge in [-0.2, -0.15) is 0 Å². The number of rotatable bonds is 3. The molecule has 1 heterocycles. The molecule has 0 bridgehead atoms. The Morgan fingerprint density at radius 3 is 2.70 bits per heavy atom. The van der Waals surface area contributed by atoms with E-state index in [4.69, 9.17) is 5.73 Å². The van der Waals surface area contributed by atoms with Gasteiger partial charge in [0, 0.05) is 12.1 Å². The normalized spacial score (nSPS) is 24.6. The van der Waals surface area contributed by atoms with E-state index in [2.05, 4.69) is 9.71 Å². The van der Waals surface area contributed by atoms with Gasteiger partial charge in [-0.15, -0.1) is 0 Å². The van der Waals surface area contributed by atoms with Gasteiger partial charge in [-0.3, -0.25) is 9.71 Å². The summed E-state index contributed by atoms with van der Waals surface area (Å²) in [5.41, 5.74) is 6.49. The average molecular weight is 293 g/mol. The number of hydrogen-bond acceptors (Lipinski definition) is 4. The van der Waals surface area contributed by atoms with Crippen molar-refractivity contribution >= 4 is 15.9 Å². The van der Waals surface area contributed by atoms with Gasteiger partial charge in [-0.05, 0) is 30.9 Å². The Hall–Kier alpha value is -1.40. The summed E-state index contributed by atoms with van der Waals surface area (Å²) >= 11 is 0. The Morgan fingerprint density at radius 1 is 1.30 bits per heavy atom. The summed E-state index contributed by atoms with van der Waals surface area (Å²) < 4.78 is 26.6. The fourth-order valence-corrected chi connectivity index (χ4v) is 4.33. The van der Waals surface area contributed by atoms with Crippen LogP contribution in [-0.4, -0.2) is 26.8 Å². The Balaban J connectivity index is 1.96. The van der Waals surface area contributed by atoms with Crippen LogP contribution in [0.5, 0.6) is 0 Å². The monoisotopic (exact) mass is 293 g/mol. The number of aliphatic imine (C=N–C) groups is 1. The third-order valence-corrected chi connectivity index (χ3v) is 5.54. The molecule has 6 heteroatoms. The second-order valence-corrected chi connectivity index (χ2v) is 7.08. The van der Waals surface area contributed by atoms with E-state index in [1.54, 1.807) is 18.2 Å². The first-order valence-electron chi connectivity index (χ1n) is 7.02. The third kappa shape index (κ3) is 2.33. The molecule has 0 saturated heterocycles. The smallest absolute Gasteiger partial charge is 0.263 e. The average Bonchev–Trinajstić information content (AvgIpc) is 3.04. The molecule has 108 valence electrons. The summed E-state index contributed by atoms with van der Waals surface area (Å²) in [7, 11) is -3.45. The van der Waals surface area contributed by atoms with Gasteiger partial charge in [0.2, 0.25) is 0 Å². The molecular weight excluding hydrogens is 274 g/mol. The Kier molecular flexibility index (Phi) is 3.52. The molecular formula is C14H19N3O2S. The van der Waals surface area contributed by atoms with Crippen LogP contribution in [0.2, 0.25) is 0 Å². The van der Waals surface area contributed by atoms with Gasteiger partial charge in [0.05, 0.1) is 10.9 Å². The number of nitrogens with one attached hydrogen (secondary N) is 1. The van der Waals surface area contributed by atoms with Crippen LogP contribution in [0.15, 0.2) is 34.2 Å². The highest BCUT2D eigenvalue weighted by Crippen LogP contribution is 2.30. The maximum Gasteiger partial charge on any atom is 0.263 e. The van der Waals surface area contributed by atoms with Crippen LogP contribution in [0.4, 0.5) is 0 Å². The highest BCUT2D eigenvalue weighted by atomic mass is 32.2. The molecule has 1 unspecified atom stereocenters. The SMILES string of the molecule is NCC(N=C1NS(=O)(=O)c2ccccc21)C1CCCC1. The van der Waals surface area contributed by atoms with Crippen LogP contribution in [0.3, 0.4) is 0 Å². The summed E-state index contributed by atoms with van der Waals surface area (Å²) in [6.07, 6.45) is 4.70. The van der Waals surface area contributed by atoms with Crippen molar-refractivity contribution in [3.05, 3.63) is 29.8 Å². The van der Waals surface area contributed by atoms with Crippen molar-refractivity contribution in [3.8, 4) is 0 Å². The van der Waals surface area contributed by atoms with Crippen molar-refractivity contribution in [2.24, 2.45) is 16.6 Å². The van der Waals surface area contributed by atoms with E-state index in [9.17, 15) is 8.42 Å². The van der Waals surface area contributed by atoms with Gasteiger partial charge >= 0.3 is 0 Å². The number of benzene rings is 1. The van der Waals surface area contributed by atoms with Crippen LogP contribution in [-0.2, 0) is 10.0 Å². The van der Waals surface area contributed by atoms with Gasteiger partial charge in [-0.1, -0.05) is 25.0 Å². The fourth-order valence-electron chi connectivity index (χ4n) is 3.09. The summed E-state index contributed by atoms with van der Waals surface area (Å²) in [5, 5.41) is 0. The molecule has 0 aromatic heterocycles. The van der Waals surface area contributed by atoms with Gasteiger partial charge < -0.3 is 5.73 Å². The minimum Gasteiger partial charge on any atom is -0.328 e. The molecule has 1 atom stereocenters. The minimum atomic E-state index is -3.45. The summed E-state index contributed by atoms with van der Waals surface area (Å²) in [4.78, 5) is 4.92. The topological polar surface area (TPSA) is 84.5 Å². The first-order chi connectivity index (χ1) is 9.62. The van der Waals surface area contributed by atoms with Crippen molar-refractivity contribution in [3.63, 3.8) is 0 Å². The van der Waals surface area contributed by atoms with Crippen molar-refractivity contribution < 1.29 is 8.42 Å². The molecule has 20 heavy (non-hydrogen) atoms. The molecule has 0 spiro atoms. The first kappa shape index (κ1) is 13.6. The number of fused-ring (bicyclic) bond motifs is 1. The quantitative estimate of drug-likeness (QED) is 0.879. The zero-order chi connectivity index (χ0) is 14.2. The standard InChI is InChI=1S/C14H19N3O2S/c15-9-12(10-5-1-2-6-10)16-14-11-7-3-4-8-13(11)20(18,19)17-14/h3-4,7-8,10,12H,1-2,5-6,9,15H2,(H,16,17). The zero-order valence-corrected chi connectivity index (χ0v) is 12.1. The number of hydrogen-bond donors (Lipinski definition) is 2. The molecule has 1 aromatic rings. The largest absolute Gasteiger partial charge is 0.328 e. The summed E-state index contributed by atoms with van der Waals surface area (Å²) in [5.74, 6) is 0.924. The van der Waals surface area contributed by atoms with E-state index in [1.807, 2.05) is 6.07 Å². The predicted octanol–water partition coefficient (Wildman–Crippen LogP) is 1.24. The van der Waals surface area contributed by atoms with E-state index in [0.29, 0.717) is 28.8 Å². The molecule has 2 aliphatic rings. The molecule has 1 aliphatic carbocycles. The van der Waals surface area contributed by atoms with E-state index in [0.717, 1.165) is 12.8 Å². The van der Waals surface area contributed by atoms with Crippen LogP contribution >= 0.6 is 0 Å². The molecule has 0 radical (unpaired) electrons. The maximum absolute atomic E-state index is 12.0. The third-order valence-electron chi connectivity index (χ3n) is 4.14. The second kappa shape index (κ2) is 5.18. The van der Waals surface area contributed by atoms with Crippen LogP contribution in [0, 0.1) is 5.92 Å². The summed E-state index contributed by atoms with van der Waals surface area (Å²) in [6, 6.07) is 6.94. The van der Waals surface area contributed by atoms with Crippen molar-refractivity contribution in [2.75, 3.05) is 6.54 Å². The molecule has 3 N–H and O–H groups in total. The highest BCUT2D eigenvalue weighted by molar-refractivity contribution is 7.90. The van der Waals surface area contributed by atoms with Gasteiger partial charge in [0.25, 0.3) is 10.0 Å². The van der Waals surface area contributed by atoms with Crippen molar-refractivity contribution in [1.82, 2.24) is 4.72 Å². The molecule has 1 saturated carbocycles. The van der Waals surface area contributed by atoms with Gasteiger partial charge in [0.1, 0.15) is 5.84 Å². The zero-order valence-electron chi connectivity index (χ0n) is 11.2. The maximum atomic E-state index is 12.0. The molecule has 1 aliphatic heterocycles. The Bertz CT molecular complexity index is 634. The lowest BCUT2D eigenvalue weighted by Gasteiger charge is -2.18. The number of nitrogens with zero attached hydrogens (tertiary/aromatic N) is 1. The second-order valence-electron chi connectivity index (χ2n) is 5.43. The van der Waals surface area contributed by atoms with Crippen molar-refractivity contribution in [2.45, 2.75) is 36.6 Å². The lowest BCUT2D eigenvalue weighted by Crippen LogP contribution is -2.30. The van der Waals surface area contributed by atoms with E-state index in [-0.39, 0.29) is 6.04 Å². The lowest BCUT2D eigenvalue weighted by atomic mass is 9.98. The molecule has 5 nitrogen and oxygen atoms in total. The number of amidine groups is 1. The molecule has 1 aromatic carbocycles. The van der Waals surface area contributed by atoms with Crippen LogP contribution in [0.1, 0.15) is 31.2 Å². The van der Waals surface area contributed by atoms with Crippen molar-refractivity contribution in [1.29, 1.82) is 0 Å². The van der Waals surface area contributed by atoms with E-state index < -0.39 is 10.0 Å². The molecule has 1 fully saturated rings. The van der Waals surface area contributed by atoms with Gasteiger partial charge in [0.15, 0.2) is 0 Å². The minimum absolute atomic E-state index is 0.00126. The fraction of sp³-hybridized carbons (Fsp3) is 0.500. The van der Waals surface area contributed by atoms with Crippen LogP contribution < -0.4 is 10.5 Å². The summed E-state index contributed by atoms with van der Waals surface area (Å²) in [6.45, 7) is 0.456.